The number of benzene rings is 3. The van der Waals surface area contributed by atoms with Crippen LogP contribution in [0, 0.1) is 11.6 Å². The molecule has 3 N–H and O–H groups in total. The van der Waals surface area contributed by atoms with Gasteiger partial charge in [0.1, 0.15) is 17.3 Å². The van der Waals surface area contributed by atoms with Crippen molar-refractivity contribution in [2.24, 2.45) is 5.73 Å². The molecular formula is C23H16F5N3O3S. The van der Waals surface area contributed by atoms with E-state index in [1.807, 2.05) is 0 Å². The van der Waals surface area contributed by atoms with Gasteiger partial charge in [0.15, 0.2) is 0 Å². The fourth-order valence-corrected chi connectivity index (χ4v) is 4.28. The van der Waals surface area contributed by atoms with Gasteiger partial charge in [-0.2, -0.15) is 13.2 Å². The van der Waals surface area contributed by atoms with Crippen molar-refractivity contribution in [2.45, 2.75) is 6.18 Å². The van der Waals surface area contributed by atoms with E-state index in [-0.39, 0.29) is 33.7 Å². The van der Waals surface area contributed by atoms with E-state index in [2.05, 4.69) is 4.72 Å². The first-order valence-electron chi connectivity index (χ1n) is 9.84. The Morgan fingerprint density at radius 2 is 1.69 bits per heavy atom. The highest BCUT2D eigenvalue weighted by Crippen LogP contribution is 2.37. The number of nitrogens with two attached hydrogens (primary N) is 1. The molecule has 0 aliphatic rings. The van der Waals surface area contributed by atoms with Crippen molar-refractivity contribution in [3.8, 4) is 16.8 Å². The van der Waals surface area contributed by atoms with Gasteiger partial charge in [-0.1, -0.05) is 6.07 Å². The summed E-state index contributed by atoms with van der Waals surface area (Å²) in [4.78, 5) is 12.2. The van der Waals surface area contributed by atoms with Crippen LogP contribution in [0.1, 0.15) is 16.1 Å². The molecule has 0 saturated carbocycles. The summed E-state index contributed by atoms with van der Waals surface area (Å²) in [6.07, 6.45) is -3.93. The van der Waals surface area contributed by atoms with E-state index in [1.165, 1.54) is 30.3 Å². The lowest BCUT2D eigenvalue weighted by Crippen LogP contribution is -2.16. The van der Waals surface area contributed by atoms with Crippen molar-refractivity contribution in [1.29, 1.82) is 0 Å². The Morgan fingerprint density at radius 1 is 0.971 bits per heavy atom. The third-order valence-corrected chi connectivity index (χ3v) is 5.71. The number of nitrogens with one attached hydrogen (secondary N) is 1. The maximum atomic E-state index is 14.4. The summed E-state index contributed by atoms with van der Waals surface area (Å²) in [5, 5.41) is 0.379. The van der Waals surface area contributed by atoms with Crippen LogP contribution in [-0.2, 0) is 16.2 Å². The zero-order valence-electron chi connectivity index (χ0n) is 17.8. The Morgan fingerprint density at radius 3 is 2.29 bits per heavy atom. The highest BCUT2D eigenvalue weighted by molar-refractivity contribution is 7.92. The summed E-state index contributed by atoms with van der Waals surface area (Å²) in [5.41, 5.74) is 3.66. The molecule has 1 heterocycles. The van der Waals surface area contributed by atoms with Gasteiger partial charge in [0.2, 0.25) is 10.0 Å². The van der Waals surface area contributed by atoms with Gasteiger partial charge in [-0.15, -0.1) is 0 Å². The van der Waals surface area contributed by atoms with Crippen LogP contribution in [0.5, 0.6) is 0 Å². The van der Waals surface area contributed by atoms with Crippen LogP contribution in [0.3, 0.4) is 0 Å². The molecule has 6 nitrogen and oxygen atoms in total. The Hall–Kier alpha value is -3.93. The van der Waals surface area contributed by atoms with Gasteiger partial charge in [0, 0.05) is 22.7 Å². The number of hydrogen-bond acceptors (Lipinski definition) is 3. The molecule has 1 amide bonds. The lowest BCUT2D eigenvalue weighted by atomic mass is 10.0. The quantitative estimate of drug-likeness (QED) is 0.368. The minimum Gasteiger partial charge on any atom is -0.364 e. The normalized spacial score (nSPS) is 12.2. The van der Waals surface area contributed by atoms with Crippen LogP contribution in [-0.4, -0.2) is 25.1 Å². The van der Waals surface area contributed by atoms with Crippen molar-refractivity contribution in [1.82, 2.24) is 4.57 Å². The Labute approximate surface area is 195 Å². The number of nitrogens with zero attached hydrogens (tertiary/aromatic N) is 1. The van der Waals surface area contributed by atoms with Gasteiger partial charge in [0.25, 0.3) is 5.91 Å². The zero-order chi connectivity index (χ0) is 25.7. The minimum absolute atomic E-state index is 0.0900. The van der Waals surface area contributed by atoms with E-state index >= 15 is 0 Å². The van der Waals surface area contributed by atoms with E-state index in [9.17, 15) is 35.2 Å². The first-order valence-corrected chi connectivity index (χ1v) is 11.7. The van der Waals surface area contributed by atoms with Gasteiger partial charge in [-0.25, -0.2) is 17.2 Å². The van der Waals surface area contributed by atoms with Crippen LogP contribution >= 0.6 is 0 Å². The van der Waals surface area contributed by atoms with Crippen LogP contribution in [0.25, 0.3) is 27.7 Å². The molecule has 35 heavy (non-hydrogen) atoms. The first kappa shape index (κ1) is 24.2. The van der Waals surface area contributed by atoms with Crippen LogP contribution < -0.4 is 10.5 Å². The van der Waals surface area contributed by atoms with Gasteiger partial charge in [-0.3, -0.25) is 9.52 Å². The van der Waals surface area contributed by atoms with Gasteiger partial charge in [0.05, 0.1) is 23.0 Å². The lowest BCUT2D eigenvalue weighted by Gasteiger charge is -2.16. The third-order valence-electron chi connectivity index (χ3n) is 5.11. The van der Waals surface area contributed by atoms with Crippen LogP contribution in [0.2, 0.25) is 0 Å². The van der Waals surface area contributed by atoms with Crippen LogP contribution in [0.15, 0.2) is 60.7 Å². The Bertz CT molecular complexity index is 1590. The number of hydrogen-bond donors (Lipinski definition) is 2. The predicted octanol–water partition coefficient (Wildman–Crippen LogP) is 5.06. The number of sulfonamides is 1. The van der Waals surface area contributed by atoms with Crippen molar-refractivity contribution in [2.75, 3.05) is 11.0 Å². The van der Waals surface area contributed by atoms with E-state index in [4.69, 9.17) is 5.73 Å². The molecule has 12 heteroatoms. The van der Waals surface area contributed by atoms with Gasteiger partial charge in [-0.05, 0) is 54.1 Å². The predicted molar refractivity (Wildman–Crippen MR) is 121 cm³/mol. The maximum Gasteiger partial charge on any atom is 0.416 e. The first-order chi connectivity index (χ1) is 16.2. The van der Waals surface area contributed by atoms with Crippen LogP contribution in [0.4, 0.5) is 27.6 Å². The molecule has 1 aromatic heterocycles. The summed E-state index contributed by atoms with van der Waals surface area (Å²) >= 11 is 0. The SMILES string of the molecule is CS(=O)(=O)Nc1ccc2cc(C(N)=O)n(-c3cc(-c4ccc(F)cc4F)cc(C(F)(F)F)c3)c2c1. The monoisotopic (exact) mass is 509 g/mol. The van der Waals surface area contributed by atoms with Crippen molar-refractivity contribution in [3.63, 3.8) is 0 Å². The molecule has 3 aromatic carbocycles. The number of halogens is 5. The fourth-order valence-electron chi connectivity index (χ4n) is 3.72. The highest BCUT2D eigenvalue weighted by Gasteiger charge is 2.32. The number of anilines is 1. The maximum absolute atomic E-state index is 14.4. The summed E-state index contributed by atoms with van der Waals surface area (Å²) in [7, 11) is -3.68. The largest absolute Gasteiger partial charge is 0.416 e. The van der Waals surface area contributed by atoms with E-state index in [0.717, 1.165) is 29.0 Å². The third kappa shape index (κ3) is 4.97. The molecule has 0 aliphatic carbocycles. The molecule has 4 rings (SSSR count). The number of fused-ring (bicyclic) bond motifs is 1. The summed E-state index contributed by atoms with van der Waals surface area (Å²) in [6, 6.07) is 10.6. The Balaban J connectivity index is 2.05. The highest BCUT2D eigenvalue weighted by atomic mass is 32.2. The van der Waals surface area contributed by atoms with Gasteiger partial charge >= 0.3 is 6.18 Å². The number of aromatic nitrogens is 1. The average molecular weight is 509 g/mol. The van der Waals surface area contributed by atoms with Crippen molar-refractivity contribution in [3.05, 3.63) is 83.6 Å². The molecule has 0 bridgehead atoms. The van der Waals surface area contributed by atoms with E-state index < -0.39 is 39.3 Å². The molecule has 0 radical (unpaired) electrons. The summed E-state index contributed by atoms with van der Waals surface area (Å²) in [6.45, 7) is 0. The summed E-state index contributed by atoms with van der Waals surface area (Å²) < 4.78 is 95.8. The molecule has 0 atom stereocenters. The molecule has 4 aromatic rings. The number of amides is 1. The van der Waals surface area contributed by atoms with Crippen molar-refractivity contribution < 1.29 is 35.2 Å². The molecule has 182 valence electrons. The average Bonchev–Trinajstić information content (AvgIpc) is 3.11. The second-order valence-electron chi connectivity index (χ2n) is 7.77. The summed E-state index contributed by atoms with van der Waals surface area (Å²) in [5.74, 6) is -2.95. The fraction of sp³-hybridized carbons (Fsp3) is 0.0870. The standard InChI is InChI=1S/C23H16F5N3O3S/c1-35(33,34)30-16-4-2-12-8-21(22(29)32)31(20(12)11-16)17-7-13(6-14(9-17)23(26,27)28)18-5-3-15(24)10-19(18)25/h2-11,30H,1H3,(H2,29,32). The minimum atomic E-state index is -4.85. The van der Waals surface area contributed by atoms with Crippen molar-refractivity contribution >= 4 is 32.5 Å². The topological polar surface area (TPSA) is 94.2 Å². The molecule has 0 spiro atoms. The smallest absolute Gasteiger partial charge is 0.364 e. The molecule has 0 fully saturated rings. The number of rotatable bonds is 5. The van der Waals surface area contributed by atoms with Gasteiger partial charge < -0.3 is 10.3 Å². The number of carbonyl (C=O) groups excluding carboxylic acids is 1. The molecule has 0 aliphatic heterocycles. The number of alkyl halides is 3. The second-order valence-corrected chi connectivity index (χ2v) is 9.52. The Kier molecular flexibility index (Phi) is 5.79. The molecular weight excluding hydrogens is 493 g/mol. The zero-order valence-corrected chi connectivity index (χ0v) is 18.6. The number of carbonyl (C=O) groups is 1. The lowest BCUT2D eigenvalue weighted by molar-refractivity contribution is -0.137. The number of primary amides is 1. The molecule has 0 saturated heterocycles. The van der Waals surface area contributed by atoms with E-state index in [0.29, 0.717) is 17.5 Å². The molecule has 0 unspecified atom stereocenters. The second kappa shape index (κ2) is 8.38. The van der Waals surface area contributed by atoms with E-state index in [1.54, 1.807) is 0 Å².